The molecule has 5 heteroatoms. The molecular weight excluding hydrogens is 298 g/mol. The lowest BCUT2D eigenvalue weighted by atomic mass is 10.1. The monoisotopic (exact) mass is 309 g/mol. The van der Waals surface area contributed by atoms with Crippen molar-refractivity contribution in [1.29, 1.82) is 0 Å². The molecule has 0 N–H and O–H groups in total. The van der Waals surface area contributed by atoms with Gasteiger partial charge in [-0.1, -0.05) is 24.3 Å². The highest BCUT2D eigenvalue weighted by molar-refractivity contribution is 7.12. The Morgan fingerprint density at radius 1 is 1.18 bits per heavy atom. The molecule has 0 amide bonds. The van der Waals surface area contributed by atoms with E-state index in [0.717, 1.165) is 21.8 Å². The molecule has 1 aromatic heterocycles. The van der Waals surface area contributed by atoms with Crippen LogP contribution in [0.5, 0.6) is 5.75 Å². The summed E-state index contributed by atoms with van der Waals surface area (Å²) in [5.74, 6) is 0.786. The minimum Gasteiger partial charge on any atom is -0.488 e. The van der Waals surface area contributed by atoms with E-state index >= 15 is 0 Å². The first-order valence-electron chi connectivity index (χ1n) is 6.78. The van der Waals surface area contributed by atoms with Crippen LogP contribution >= 0.6 is 11.3 Å². The van der Waals surface area contributed by atoms with E-state index < -0.39 is 5.97 Å². The number of nitrogens with zero attached hydrogens (tertiary/aromatic N) is 1. The summed E-state index contributed by atoms with van der Waals surface area (Å²) in [5, 5.41) is 1.92. The lowest BCUT2D eigenvalue weighted by Gasteiger charge is -2.15. The van der Waals surface area contributed by atoms with Gasteiger partial charge in [-0.15, -0.1) is 11.3 Å². The molecule has 2 aliphatic heterocycles. The Morgan fingerprint density at radius 3 is 2.95 bits per heavy atom. The number of carbonyl (C=O) groups excluding carboxylic acids is 1. The molecule has 2 aromatic rings. The molecule has 0 atom stereocenters. The number of esters is 1. The van der Waals surface area contributed by atoms with Crippen molar-refractivity contribution >= 4 is 29.3 Å². The summed E-state index contributed by atoms with van der Waals surface area (Å²) in [6.07, 6.45) is 3.72. The molecule has 0 saturated carbocycles. The lowest BCUT2D eigenvalue weighted by molar-refractivity contribution is -0.130. The van der Waals surface area contributed by atoms with Gasteiger partial charge in [0.15, 0.2) is 5.70 Å². The fourth-order valence-corrected chi connectivity index (χ4v) is 2.96. The number of para-hydroxylation sites is 1. The van der Waals surface area contributed by atoms with Crippen LogP contribution in [0.25, 0.3) is 6.08 Å². The maximum absolute atomic E-state index is 11.9. The van der Waals surface area contributed by atoms with Gasteiger partial charge in [-0.05, 0) is 35.2 Å². The summed E-state index contributed by atoms with van der Waals surface area (Å²) in [5.41, 5.74) is 2.19. The zero-order valence-corrected chi connectivity index (χ0v) is 12.3. The normalized spacial score (nSPS) is 18.4. The number of benzene rings is 1. The van der Waals surface area contributed by atoms with Crippen LogP contribution in [0.15, 0.2) is 64.1 Å². The number of aliphatic imine (C=N–C) groups is 1. The summed E-state index contributed by atoms with van der Waals surface area (Å²) in [6.45, 7) is 0.414. The maximum atomic E-state index is 11.9. The van der Waals surface area contributed by atoms with Crippen LogP contribution in [0.1, 0.15) is 10.4 Å². The predicted octanol–water partition coefficient (Wildman–Crippen LogP) is 3.41. The van der Waals surface area contributed by atoms with Crippen molar-refractivity contribution in [2.45, 2.75) is 0 Å². The zero-order chi connectivity index (χ0) is 14.9. The van der Waals surface area contributed by atoms with Crippen LogP contribution < -0.4 is 4.74 Å². The molecule has 0 bridgehead atoms. The van der Waals surface area contributed by atoms with Gasteiger partial charge in [0.2, 0.25) is 5.90 Å². The van der Waals surface area contributed by atoms with Crippen molar-refractivity contribution in [3.8, 4) is 5.75 Å². The largest absolute Gasteiger partial charge is 0.488 e. The molecule has 22 heavy (non-hydrogen) atoms. The quantitative estimate of drug-likeness (QED) is 0.631. The summed E-state index contributed by atoms with van der Waals surface area (Å²) in [7, 11) is 0. The third-order valence-corrected chi connectivity index (χ3v) is 4.19. The Hall–Kier alpha value is -2.66. The van der Waals surface area contributed by atoms with E-state index in [9.17, 15) is 4.79 Å². The van der Waals surface area contributed by atoms with Gasteiger partial charge in [-0.3, -0.25) is 0 Å². The molecule has 0 radical (unpaired) electrons. The highest BCUT2D eigenvalue weighted by atomic mass is 32.1. The second kappa shape index (κ2) is 5.27. The van der Waals surface area contributed by atoms with Crippen LogP contribution in [0, 0.1) is 0 Å². The summed E-state index contributed by atoms with van der Waals surface area (Å²) in [6, 6.07) is 11.5. The molecule has 108 valence electrons. The molecule has 4 rings (SSSR count). The van der Waals surface area contributed by atoms with E-state index in [4.69, 9.17) is 9.47 Å². The molecule has 3 heterocycles. The number of fused-ring (bicyclic) bond motifs is 1. The SMILES string of the molecule is O=C1OC(c2cccs2)=N/C1=C/C1=Cc2ccccc2OC1. The van der Waals surface area contributed by atoms with Gasteiger partial charge in [0.1, 0.15) is 12.4 Å². The van der Waals surface area contributed by atoms with Crippen LogP contribution in [-0.2, 0) is 9.53 Å². The molecule has 2 aliphatic rings. The van der Waals surface area contributed by atoms with E-state index in [1.54, 1.807) is 6.08 Å². The lowest BCUT2D eigenvalue weighted by Crippen LogP contribution is -2.07. The number of carbonyl (C=O) groups is 1. The fourth-order valence-electron chi connectivity index (χ4n) is 2.31. The van der Waals surface area contributed by atoms with Crippen LogP contribution in [-0.4, -0.2) is 18.5 Å². The summed E-state index contributed by atoms with van der Waals surface area (Å²) >= 11 is 1.49. The second-order valence-electron chi connectivity index (χ2n) is 4.86. The second-order valence-corrected chi connectivity index (χ2v) is 5.81. The standard InChI is InChI=1S/C17H11NO3S/c19-17-13(18-16(21-17)15-6-3-7-22-15)9-11-8-12-4-1-2-5-14(12)20-10-11/h1-9H,10H2/b13-9+. The first-order chi connectivity index (χ1) is 10.8. The van der Waals surface area contributed by atoms with Gasteiger partial charge in [0, 0.05) is 5.56 Å². The van der Waals surface area contributed by atoms with Gasteiger partial charge in [-0.2, -0.15) is 0 Å². The van der Waals surface area contributed by atoms with Gasteiger partial charge < -0.3 is 9.47 Å². The zero-order valence-electron chi connectivity index (χ0n) is 11.5. The van der Waals surface area contributed by atoms with Crippen LogP contribution in [0.2, 0.25) is 0 Å². The highest BCUT2D eigenvalue weighted by Crippen LogP contribution is 2.28. The minimum absolute atomic E-state index is 0.303. The molecular formula is C17H11NO3S. The number of cyclic esters (lactones) is 1. The van der Waals surface area contributed by atoms with E-state index in [-0.39, 0.29) is 0 Å². The molecule has 0 aliphatic carbocycles. The van der Waals surface area contributed by atoms with Crippen molar-refractivity contribution in [1.82, 2.24) is 0 Å². The van der Waals surface area contributed by atoms with E-state index in [1.165, 1.54) is 11.3 Å². The molecule has 0 fully saturated rings. The fraction of sp³-hybridized carbons (Fsp3) is 0.0588. The molecule has 1 aromatic carbocycles. The number of hydrogen-bond donors (Lipinski definition) is 0. The van der Waals surface area contributed by atoms with Crippen molar-refractivity contribution in [3.63, 3.8) is 0 Å². The Balaban J connectivity index is 1.66. The highest BCUT2D eigenvalue weighted by Gasteiger charge is 2.25. The van der Waals surface area contributed by atoms with Crippen molar-refractivity contribution in [2.24, 2.45) is 4.99 Å². The average Bonchev–Trinajstić information content (AvgIpc) is 3.18. The number of thiophene rings is 1. The van der Waals surface area contributed by atoms with Gasteiger partial charge >= 0.3 is 5.97 Å². The first kappa shape index (κ1) is 13.0. The topological polar surface area (TPSA) is 47.9 Å². The van der Waals surface area contributed by atoms with Crippen molar-refractivity contribution in [2.75, 3.05) is 6.61 Å². The van der Waals surface area contributed by atoms with E-state index in [2.05, 4.69) is 4.99 Å². The number of rotatable bonds is 2. The van der Waals surface area contributed by atoms with Crippen molar-refractivity contribution in [3.05, 3.63) is 69.6 Å². The smallest absolute Gasteiger partial charge is 0.363 e. The van der Waals surface area contributed by atoms with Crippen molar-refractivity contribution < 1.29 is 14.3 Å². The number of hydrogen-bond acceptors (Lipinski definition) is 5. The molecule has 0 saturated heterocycles. The Labute approximate surface area is 131 Å². The summed E-state index contributed by atoms with van der Waals surface area (Å²) in [4.78, 5) is 17.1. The Morgan fingerprint density at radius 2 is 2.09 bits per heavy atom. The third kappa shape index (κ3) is 2.35. The minimum atomic E-state index is -0.428. The van der Waals surface area contributed by atoms with Gasteiger partial charge in [-0.25, -0.2) is 9.79 Å². The average molecular weight is 309 g/mol. The summed E-state index contributed by atoms with van der Waals surface area (Å²) < 4.78 is 10.9. The maximum Gasteiger partial charge on any atom is 0.363 e. The number of ether oxygens (including phenoxy) is 2. The van der Waals surface area contributed by atoms with E-state index in [1.807, 2.05) is 47.9 Å². The van der Waals surface area contributed by atoms with Crippen LogP contribution in [0.3, 0.4) is 0 Å². The first-order valence-corrected chi connectivity index (χ1v) is 7.66. The molecule has 0 unspecified atom stereocenters. The van der Waals surface area contributed by atoms with Crippen LogP contribution in [0.4, 0.5) is 0 Å². The molecule has 0 spiro atoms. The Bertz CT molecular complexity index is 831. The molecule has 4 nitrogen and oxygen atoms in total. The predicted molar refractivity (Wildman–Crippen MR) is 84.9 cm³/mol. The van der Waals surface area contributed by atoms with Gasteiger partial charge in [0.05, 0.1) is 4.88 Å². The Kier molecular flexibility index (Phi) is 3.12. The van der Waals surface area contributed by atoms with Gasteiger partial charge in [0.25, 0.3) is 0 Å². The third-order valence-electron chi connectivity index (χ3n) is 3.33. The van der Waals surface area contributed by atoms with E-state index in [0.29, 0.717) is 18.2 Å².